The van der Waals surface area contributed by atoms with Crippen LogP contribution in [0.3, 0.4) is 0 Å². The first-order chi connectivity index (χ1) is 16.7. The van der Waals surface area contributed by atoms with Crippen molar-refractivity contribution < 1.29 is 14.3 Å². The molecule has 3 rings (SSSR count). The fraction of sp³-hybridized carbons (Fsp3) is 0.517. The molecule has 0 saturated carbocycles. The Kier molecular flexibility index (Phi) is 9.73. The molecule has 1 aliphatic rings. The van der Waals surface area contributed by atoms with Gasteiger partial charge in [-0.3, -0.25) is 9.59 Å². The van der Waals surface area contributed by atoms with Crippen molar-refractivity contribution in [3.05, 3.63) is 59.7 Å². The van der Waals surface area contributed by atoms with Gasteiger partial charge in [-0.1, -0.05) is 45.9 Å². The van der Waals surface area contributed by atoms with E-state index in [9.17, 15) is 9.59 Å². The summed E-state index contributed by atoms with van der Waals surface area (Å²) in [7, 11) is 0. The molecule has 6 nitrogen and oxygen atoms in total. The van der Waals surface area contributed by atoms with Crippen LogP contribution in [0, 0.1) is 11.8 Å². The van der Waals surface area contributed by atoms with Gasteiger partial charge in [0.2, 0.25) is 5.91 Å². The first-order valence-corrected chi connectivity index (χ1v) is 12.8. The average Bonchev–Trinajstić information content (AvgIpc) is 2.85. The number of rotatable bonds is 6. The molecule has 0 N–H and O–H groups in total. The molecule has 2 aromatic carbocycles. The molecule has 0 unspecified atom stereocenters. The number of amides is 2. The smallest absolute Gasteiger partial charge is 0.254 e. The molecular formula is C29H41N3O3. The van der Waals surface area contributed by atoms with E-state index in [4.69, 9.17) is 4.74 Å². The van der Waals surface area contributed by atoms with Gasteiger partial charge in [-0.05, 0) is 60.7 Å². The second-order valence-electron chi connectivity index (χ2n) is 10.3. The number of benzene rings is 2. The predicted octanol–water partition coefficient (Wildman–Crippen LogP) is 5.08. The molecule has 1 heterocycles. The van der Waals surface area contributed by atoms with Gasteiger partial charge >= 0.3 is 0 Å². The standard InChI is InChI=1S/C29H41N3O3/c1-22(2)19-30-15-8-16-32(24(5)33)28-10-7-6-9-26(28)20-31(18-17-30)29(34)25-11-13-27(14-12-25)35-21-23(3)4/h6-7,9-14,22-23H,8,15-21H2,1-5H3. The summed E-state index contributed by atoms with van der Waals surface area (Å²) in [5, 5.41) is 0. The Bertz CT molecular complexity index is 971. The third kappa shape index (κ3) is 7.82. The van der Waals surface area contributed by atoms with Gasteiger partial charge < -0.3 is 19.4 Å². The van der Waals surface area contributed by atoms with Gasteiger partial charge in [-0.2, -0.15) is 0 Å². The second kappa shape index (κ2) is 12.7. The number of carbonyl (C=O) groups is 2. The molecule has 0 atom stereocenters. The summed E-state index contributed by atoms with van der Waals surface area (Å²) in [4.78, 5) is 32.4. The van der Waals surface area contributed by atoms with Crippen LogP contribution >= 0.6 is 0 Å². The highest BCUT2D eigenvalue weighted by molar-refractivity contribution is 5.95. The van der Waals surface area contributed by atoms with Gasteiger partial charge in [0, 0.05) is 50.9 Å². The number of fused-ring (bicyclic) bond motifs is 1. The summed E-state index contributed by atoms with van der Waals surface area (Å²) < 4.78 is 5.79. The van der Waals surface area contributed by atoms with Crippen LogP contribution in [-0.4, -0.2) is 60.9 Å². The Morgan fingerprint density at radius 1 is 0.886 bits per heavy atom. The fourth-order valence-electron chi connectivity index (χ4n) is 4.48. The van der Waals surface area contributed by atoms with E-state index in [1.54, 1.807) is 6.92 Å². The highest BCUT2D eigenvalue weighted by Crippen LogP contribution is 2.25. The predicted molar refractivity (Wildman–Crippen MR) is 142 cm³/mol. The number of ether oxygens (including phenoxy) is 1. The molecule has 0 spiro atoms. The monoisotopic (exact) mass is 479 g/mol. The lowest BCUT2D eigenvalue weighted by molar-refractivity contribution is -0.116. The minimum absolute atomic E-state index is 0.00617. The molecule has 0 aliphatic carbocycles. The molecular weight excluding hydrogens is 438 g/mol. The molecule has 6 heteroatoms. The molecule has 35 heavy (non-hydrogen) atoms. The number of hydrogen-bond donors (Lipinski definition) is 0. The summed E-state index contributed by atoms with van der Waals surface area (Å²) in [5.74, 6) is 1.77. The number of carbonyl (C=O) groups excluding carboxylic acids is 2. The molecule has 0 radical (unpaired) electrons. The minimum Gasteiger partial charge on any atom is -0.493 e. The fourth-order valence-corrected chi connectivity index (χ4v) is 4.48. The molecule has 190 valence electrons. The maximum atomic E-state index is 13.7. The van der Waals surface area contributed by atoms with E-state index in [-0.39, 0.29) is 11.8 Å². The molecule has 0 aromatic heterocycles. The first-order valence-electron chi connectivity index (χ1n) is 12.8. The van der Waals surface area contributed by atoms with Crippen molar-refractivity contribution in [2.24, 2.45) is 11.8 Å². The lowest BCUT2D eigenvalue weighted by Crippen LogP contribution is -2.40. The van der Waals surface area contributed by atoms with E-state index in [2.05, 4.69) is 32.6 Å². The summed E-state index contributed by atoms with van der Waals surface area (Å²) in [6.07, 6.45) is 0.895. The Hall–Kier alpha value is -2.86. The molecule has 2 aromatic rings. The average molecular weight is 480 g/mol. The van der Waals surface area contributed by atoms with Crippen LogP contribution in [0.5, 0.6) is 5.75 Å². The normalized spacial score (nSPS) is 15.6. The zero-order valence-electron chi connectivity index (χ0n) is 22.0. The third-order valence-electron chi connectivity index (χ3n) is 6.16. The van der Waals surface area contributed by atoms with Gasteiger partial charge in [-0.25, -0.2) is 0 Å². The zero-order valence-corrected chi connectivity index (χ0v) is 22.0. The molecule has 0 saturated heterocycles. The van der Waals surface area contributed by atoms with Gasteiger partial charge in [0.05, 0.1) is 6.61 Å². The van der Waals surface area contributed by atoms with Crippen molar-refractivity contribution in [1.82, 2.24) is 9.80 Å². The van der Waals surface area contributed by atoms with Gasteiger partial charge in [-0.15, -0.1) is 0 Å². The molecule has 0 fully saturated rings. The Balaban J connectivity index is 1.89. The van der Waals surface area contributed by atoms with Crippen LogP contribution in [0.25, 0.3) is 0 Å². The van der Waals surface area contributed by atoms with E-state index in [1.807, 2.05) is 58.3 Å². The van der Waals surface area contributed by atoms with Crippen molar-refractivity contribution in [3.8, 4) is 5.75 Å². The van der Waals surface area contributed by atoms with Gasteiger partial charge in [0.25, 0.3) is 5.91 Å². The van der Waals surface area contributed by atoms with E-state index in [0.29, 0.717) is 43.6 Å². The number of anilines is 1. The van der Waals surface area contributed by atoms with Crippen LogP contribution in [0.1, 0.15) is 57.0 Å². The van der Waals surface area contributed by atoms with Crippen LogP contribution in [0.4, 0.5) is 5.69 Å². The SMILES string of the molecule is CC(=O)N1CCCN(CC(C)C)CCN(C(=O)c2ccc(OCC(C)C)cc2)Cc2ccccc21. The van der Waals surface area contributed by atoms with Gasteiger partial charge in [0.1, 0.15) is 5.75 Å². The Morgan fingerprint density at radius 3 is 2.26 bits per heavy atom. The first kappa shape index (κ1) is 26.7. The Labute approximate surface area is 210 Å². The highest BCUT2D eigenvalue weighted by atomic mass is 16.5. The maximum Gasteiger partial charge on any atom is 0.254 e. The maximum absolute atomic E-state index is 13.7. The summed E-state index contributed by atoms with van der Waals surface area (Å²) in [6, 6.07) is 15.4. The van der Waals surface area contributed by atoms with E-state index in [0.717, 1.165) is 43.1 Å². The number of hydrogen-bond acceptors (Lipinski definition) is 4. The summed E-state index contributed by atoms with van der Waals surface area (Å²) in [6.45, 7) is 15.4. The Morgan fingerprint density at radius 2 is 1.60 bits per heavy atom. The van der Waals surface area contributed by atoms with Crippen LogP contribution in [-0.2, 0) is 11.3 Å². The molecule has 1 aliphatic heterocycles. The van der Waals surface area contributed by atoms with E-state index < -0.39 is 0 Å². The van der Waals surface area contributed by atoms with Crippen LogP contribution in [0.2, 0.25) is 0 Å². The molecule has 2 amide bonds. The third-order valence-corrected chi connectivity index (χ3v) is 6.16. The van der Waals surface area contributed by atoms with Crippen molar-refractivity contribution >= 4 is 17.5 Å². The summed E-state index contributed by atoms with van der Waals surface area (Å²) >= 11 is 0. The second-order valence-corrected chi connectivity index (χ2v) is 10.3. The van der Waals surface area contributed by atoms with Crippen LogP contribution in [0.15, 0.2) is 48.5 Å². The van der Waals surface area contributed by atoms with E-state index in [1.165, 1.54) is 0 Å². The van der Waals surface area contributed by atoms with Crippen molar-refractivity contribution in [2.75, 3.05) is 44.2 Å². The topological polar surface area (TPSA) is 53.1 Å². The number of nitrogens with zero attached hydrogens (tertiary/aromatic N) is 3. The highest BCUT2D eigenvalue weighted by Gasteiger charge is 2.23. The molecule has 0 bridgehead atoms. The van der Waals surface area contributed by atoms with Crippen molar-refractivity contribution in [3.63, 3.8) is 0 Å². The lowest BCUT2D eigenvalue weighted by Gasteiger charge is -2.29. The van der Waals surface area contributed by atoms with Crippen molar-refractivity contribution in [2.45, 2.75) is 47.6 Å². The van der Waals surface area contributed by atoms with Gasteiger partial charge in [0.15, 0.2) is 0 Å². The summed E-state index contributed by atoms with van der Waals surface area (Å²) in [5.41, 5.74) is 2.53. The van der Waals surface area contributed by atoms with Crippen molar-refractivity contribution in [1.29, 1.82) is 0 Å². The number of para-hydroxylation sites is 1. The minimum atomic E-state index is -0.00617. The van der Waals surface area contributed by atoms with E-state index >= 15 is 0 Å². The zero-order chi connectivity index (χ0) is 25.4. The largest absolute Gasteiger partial charge is 0.493 e. The van der Waals surface area contributed by atoms with Crippen LogP contribution < -0.4 is 9.64 Å². The lowest BCUT2D eigenvalue weighted by atomic mass is 10.1. The quantitative estimate of drug-likeness (QED) is 0.580.